The van der Waals surface area contributed by atoms with Crippen LogP contribution in [-0.4, -0.2) is 40.4 Å². The van der Waals surface area contributed by atoms with Gasteiger partial charge in [-0.15, -0.1) is 0 Å². The van der Waals surface area contributed by atoms with E-state index >= 15 is 0 Å². The van der Waals surface area contributed by atoms with Gasteiger partial charge in [-0.2, -0.15) is 0 Å². The molecule has 1 heterocycles. The summed E-state index contributed by atoms with van der Waals surface area (Å²) in [4.78, 5) is 25.4. The normalized spacial score (nSPS) is 11.9. The van der Waals surface area contributed by atoms with E-state index in [1.807, 2.05) is 30.3 Å². The average Bonchev–Trinajstić information content (AvgIpc) is 3.22. The lowest BCUT2D eigenvalue weighted by atomic mass is 9.97. The van der Waals surface area contributed by atoms with Crippen LogP contribution in [0, 0.1) is 6.92 Å². The number of phenolic OH excluding ortho intramolecular Hbond substituents is 1. The van der Waals surface area contributed by atoms with E-state index in [9.17, 15) is 19.8 Å². The van der Waals surface area contributed by atoms with Gasteiger partial charge in [0.2, 0.25) is 0 Å². The first-order chi connectivity index (χ1) is 16.7. The number of hydrogen-bond acceptors (Lipinski definition) is 6. The lowest BCUT2D eigenvalue weighted by Gasteiger charge is -2.16. The Bertz CT molecular complexity index is 1430. The fourth-order valence-electron chi connectivity index (χ4n) is 3.88. The minimum atomic E-state index is -1.25. The molecule has 35 heavy (non-hydrogen) atoms. The van der Waals surface area contributed by atoms with Crippen LogP contribution >= 0.6 is 31.9 Å². The van der Waals surface area contributed by atoms with Gasteiger partial charge < -0.3 is 24.8 Å². The van der Waals surface area contributed by atoms with Crippen molar-refractivity contribution in [3.05, 3.63) is 74.4 Å². The van der Waals surface area contributed by atoms with Crippen LogP contribution in [0.1, 0.15) is 21.7 Å². The highest BCUT2D eigenvalue weighted by Gasteiger charge is 2.29. The maximum atomic E-state index is 13.4. The molecule has 0 fully saturated rings. The van der Waals surface area contributed by atoms with E-state index in [0.29, 0.717) is 25.8 Å². The summed E-state index contributed by atoms with van der Waals surface area (Å²) in [5, 5.41) is 28.2. The Balaban J connectivity index is 1.72. The van der Waals surface area contributed by atoms with Crippen LogP contribution < -0.4 is 10.1 Å². The lowest BCUT2D eigenvalue weighted by Crippen LogP contribution is -2.42. The van der Waals surface area contributed by atoms with Crippen molar-refractivity contribution >= 4 is 54.5 Å². The van der Waals surface area contributed by atoms with E-state index in [0.717, 1.165) is 10.8 Å². The van der Waals surface area contributed by atoms with E-state index in [1.165, 1.54) is 7.11 Å². The van der Waals surface area contributed by atoms with Crippen molar-refractivity contribution in [1.82, 2.24) is 10.5 Å². The fourth-order valence-corrected chi connectivity index (χ4v) is 5.16. The van der Waals surface area contributed by atoms with Crippen molar-refractivity contribution < 1.29 is 29.1 Å². The molecule has 0 spiro atoms. The second kappa shape index (κ2) is 10.1. The summed E-state index contributed by atoms with van der Waals surface area (Å²) >= 11 is 6.47. The topological polar surface area (TPSA) is 122 Å². The third-order valence-electron chi connectivity index (χ3n) is 5.56. The molecule has 1 aromatic heterocycles. The van der Waals surface area contributed by atoms with Crippen LogP contribution in [0.15, 0.2) is 62.0 Å². The number of nitrogens with zero attached hydrogens (tertiary/aromatic N) is 1. The number of aryl methyl sites for hydroxylation is 1. The number of rotatable bonds is 7. The van der Waals surface area contributed by atoms with Crippen molar-refractivity contribution in [2.45, 2.75) is 19.4 Å². The predicted octanol–water partition coefficient (Wildman–Crippen LogP) is 5.47. The van der Waals surface area contributed by atoms with Crippen molar-refractivity contribution in [1.29, 1.82) is 0 Å². The van der Waals surface area contributed by atoms with Crippen LogP contribution in [0.2, 0.25) is 0 Å². The predicted molar refractivity (Wildman–Crippen MR) is 137 cm³/mol. The molecule has 1 unspecified atom stereocenters. The Hall–Kier alpha value is -3.37. The zero-order valence-electron chi connectivity index (χ0n) is 18.6. The first-order valence-electron chi connectivity index (χ1n) is 10.4. The van der Waals surface area contributed by atoms with Gasteiger partial charge in [0.15, 0.2) is 0 Å². The molecule has 1 atom stereocenters. The molecule has 0 aliphatic heterocycles. The van der Waals surface area contributed by atoms with Crippen molar-refractivity contribution in [2.24, 2.45) is 0 Å². The molecule has 3 N–H and O–H groups in total. The second-order valence-electron chi connectivity index (χ2n) is 7.80. The van der Waals surface area contributed by atoms with Gasteiger partial charge in [-0.05, 0) is 73.3 Å². The molecule has 0 aliphatic carbocycles. The quantitative estimate of drug-likeness (QED) is 0.256. The summed E-state index contributed by atoms with van der Waals surface area (Å²) in [7, 11) is 1.52. The van der Waals surface area contributed by atoms with Crippen LogP contribution in [0.3, 0.4) is 0 Å². The summed E-state index contributed by atoms with van der Waals surface area (Å²) in [5.41, 5.74) is 1.55. The minimum absolute atomic E-state index is 0.00145. The van der Waals surface area contributed by atoms with E-state index in [4.69, 9.17) is 9.26 Å². The number of halogens is 2. The summed E-state index contributed by atoms with van der Waals surface area (Å²) in [6.45, 7) is 1.59. The number of phenols is 1. The summed E-state index contributed by atoms with van der Waals surface area (Å²) < 4.78 is 11.7. The molecule has 4 rings (SSSR count). The number of aromatic hydroxyl groups is 1. The molecule has 0 aliphatic rings. The third-order valence-corrected chi connectivity index (χ3v) is 6.77. The number of methoxy groups -OCH3 is 1. The number of carboxylic acids is 1. The zero-order chi connectivity index (χ0) is 25.3. The molecule has 8 nitrogen and oxygen atoms in total. The Morgan fingerprint density at radius 2 is 1.83 bits per heavy atom. The van der Waals surface area contributed by atoms with Gasteiger partial charge in [0.25, 0.3) is 5.91 Å². The van der Waals surface area contributed by atoms with Gasteiger partial charge in [-0.3, -0.25) is 4.79 Å². The van der Waals surface area contributed by atoms with Crippen LogP contribution in [-0.2, 0) is 11.2 Å². The molecule has 0 bridgehead atoms. The number of fused-ring (bicyclic) bond motifs is 1. The SMILES string of the molecule is COc1ccc2ccccc2c1-c1noc(C)c1C(=O)NC(Cc1cc(Br)c(O)c(Br)c1)C(=O)O. The molecule has 4 aromatic rings. The van der Waals surface area contributed by atoms with Crippen LogP contribution in [0.25, 0.3) is 22.0 Å². The molecule has 1 amide bonds. The number of carbonyl (C=O) groups excluding carboxylic acids is 1. The highest BCUT2D eigenvalue weighted by Crippen LogP contribution is 2.39. The zero-order valence-corrected chi connectivity index (χ0v) is 21.8. The smallest absolute Gasteiger partial charge is 0.326 e. The molecule has 10 heteroatoms. The number of aromatic nitrogens is 1. The molecule has 0 saturated heterocycles. The number of carboxylic acid groups (broad SMARTS) is 1. The Morgan fingerprint density at radius 1 is 1.14 bits per heavy atom. The first-order valence-corrected chi connectivity index (χ1v) is 12.0. The number of nitrogens with one attached hydrogen (secondary N) is 1. The van der Waals surface area contributed by atoms with Gasteiger partial charge in [0.1, 0.15) is 34.6 Å². The van der Waals surface area contributed by atoms with E-state index in [1.54, 1.807) is 25.1 Å². The Morgan fingerprint density at radius 3 is 2.49 bits per heavy atom. The lowest BCUT2D eigenvalue weighted by molar-refractivity contribution is -0.139. The molecular formula is C25H20Br2N2O6. The van der Waals surface area contributed by atoms with Crippen LogP contribution in [0.4, 0.5) is 0 Å². The monoisotopic (exact) mass is 602 g/mol. The molecule has 0 saturated carbocycles. The van der Waals surface area contributed by atoms with Crippen molar-refractivity contribution in [2.75, 3.05) is 7.11 Å². The minimum Gasteiger partial charge on any atom is -0.506 e. The summed E-state index contributed by atoms with van der Waals surface area (Å²) in [5.74, 6) is -1.11. The third kappa shape index (κ3) is 4.89. The maximum absolute atomic E-state index is 13.4. The fraction of sp³-hybridized carbons (Fsp3) is 0.160. The number of aliphatic carboxylic acids is 1. The molecular weight excluding hydrogens is 584 g/mol. The summed E-state index contributed by atoms with van der Waals surface area (Å²) in [6, 6.07) is 13.2. The maximum Gasteiger partial charge on any atom is 0.326 e. The number of ether oxygens (including phenoxy) is 1. The van der Waals surface area contributed by atoms with Crippen molar-refractivity contribution in [3.8, 4) is 22.8 Å². The molecule has 180 valence electrons. The molecule has 3 aromatic carbocycles. The van der Waals surface area contributed by atoms with Gasteiger partial charge >= 0.3 is 5.97 Å². The standard InChI is InChI=1S/C25H20Br2N2O6/c1-12-20(22(29-35-12)21-15-6-4-3-5-14(15)7-8-19(21)34-2)24(31)28-18(25(32)33)11-13-9-16(26)23(30)17(27)10-13/h3-10,18,30H,11H2,1-2H3,(H,28,31)(H,32,33). The highest BCUT2D eigenvalue weighted by atomic mass is 79.9. The first kappa shape index (κ1) is 24.7. The second-order valence-corrected chi connectivity index (χ2v) is 9.51. The van der Waals surface area contributed by atoms with Gasteiger partial charge in [0.05, 0.1) is 21.6 Å². The number of benzene rings is 3. The van der Waals surface area contributed by atoms with E-state index < -0.39 is 17.9 Å². The van der Waals surface area contributed by atoms with Gasteiger partial charge in [-0.1, -0.05) is 35.5 Å². The van der Waals surface area contributed by atoms with Crippen molar-refractivity contribution in [3.63, 3.8) is 0 Å². The number of amides is 1. The van der Waals surface area contributed by atoms with E-state index in [2.05, 4.69) is 42.3 Å². The van der Waals surface area contributed by atoms with Gasteiger partial charge in [-0.25, -0.2) is 4.79 Å². The molecule has 0 radical (unpaired) electrons. The average molecular weight is 604 g/mol. The Kier molecular flexibility index (Phi) is 7.13. The number of carbonyl (C=O) groups is 2. The van der Waals surface area contributed by atoms with E-state index in [-0.39, 0.29) is 29.2 Å². The largest absolute Gasteiger partial charge is 0.506 e. The number of hydrogen-bond donors (Lipinski definition) is 3. The van der Waals surface area contributed by atoms with Crippen LogP contribution in [0.5, 0.6) is 11.5 Å². The Labute approximate surface area is 217 Å². The summed E-state index contributed by atoms with van der Waals surface area (Å²) in [6.07, 6.45) is -0.0181. The van der Waals surface area contributed by atoms with Gasteiger partial charge in [0, 0.05) is 6.42 Å². The highest BCUT2D eigenvalue weighted by molar-refractivity contribution is 9.11.